The van der Waals surface area contributed by atoms with Gasteiger partial charge in [0, 0.05) is 20.8 Å². The molecule has 46 heavy (non-hydrogen) atoms. The zero-order valence-electron chi connectivity index (χ0n) is 27.7. The molecule has 0 aromatic heterocycles. The van der Waals surface area contributed by atoms with Gasteiger partial charge in [-0.15, -0.1) is 0 Å². The lowest BCUT2D eigenvalue weighted by atomic mass is 9.74. The van der Waals surface area contributed by atoms with E-state index in [0.717, 1.165) is 11.1 Å². The van der Waals surface area contributed by atoms with E-state index in [0.29, 0.717) is 13.0 Å². The van der Waals surface area contributed by atoms with Crippen molar-refractivity contribution in [2.24, 2.45) is 23.7 Å². The van der Waals surface area contributed by atoms with Crippen LogP contribution in [0.4, 0.5) is 0 Å². The highest BCUT2D eigenvalue weighted by atomic mass is 16.7. The van der Waals surface area contributed by atoms with E-state index in [1.165, 1.54) is 20.8 Å². The Morgan fingerprint density at radius 2 is 1.11 bits per heavy atom. The van der Waals surface area contributed by atoms with E-state index < -0.39 is 36.5 Å². The molecule has 252 valence electrons. The number of carbonyl (C=O) groups is 3. The first-order valence-electron chi connectivity index (χ1n) is 16.1. The summed E-state index contributed by atoms with van der Waals surface area (Å²) in [6.07, 6.45) is -2.86. The van der Waals surface area contributed by atoms with Gasteiger partial charge in [-0.25, -0.2) is 0 Å². The molecule has 0 unspecified atom stereocenters. The van der Waals surface area contributed by atoms with Gasteiger partial charge in [0.2, 0.25) is 6.29 Å². The lowest BCUT2D eigenvalue weighted by Gasteiger charge is -2.49. The van der Waals surface area contributed by atoms with Crippen molar-refractivity contribution in [1.82, 2.24) is 0 Å². The summed E-state index contributed by atoms with van der Waals surface area (Å²) < 4.78 is 42.6. The van der Waals surface area contributed by atoms with E-state index in [4.69, 9.17) is 33.2 Å². The van der Waals surface area contributed by atoms with Crippen molar-refractivity contribution in [3.8, 4) is 0 Å². The predicted molar refractivity (Wildman–Crippen MR) is 168 cm³/mol. The predicted octanol–water partition coefficient (Wildman–Crippen LogP) is 5.25. The summed E-state index contributed by atoms with van der Waals surface area (Å²) in [5, 5.41) is 0. The zero-order valence-corrected chi connectivity index (χ0v) is 27.7. The second kappa shape index (κ2) is 17.0. The fourth-order valence-electron chi connectivity index (χ4n) is 6.39. The Hall–Kier alpha value is -3.31. The summed E-state index contributed by atoms with van der Waals surface area (Å²) in [5.74, 6) is -1.66. The summed E-state index contributed by atoms with van der Waals surface area (Å²) >= 11 is 0. The van der Waals surface area contributed by atoms with Crippen molar-refractivity contribution in [2.45, 2.75) is 98.0 Å². The van der Waals surface area contributed by atoms with Crippen molar-refractivity contribution >= 4 is 17.9 Å². The second-order valence-corrected chi connectivity index (χ2v) is 12.5. The highest BCUT2D eigenvalue weighted by Crippen LogP contribution is 2.42. The Labute approximate surface area is 272 Å². The van der Waals surface area contributed by atoms with Crippen LogP contribution in [0.25, 0.3) is 0 Å². The standard InChI is InChI=1S/C36H48O10/c1-22-23(2)34(42-18-28-13-9-7-10-14-28)31(45-32(22)20-40-25(4)37)17-30-24(3)33(21-41-26(5)38)46-36(44-27(6)39)35(30)43-19-29-15-11-8-12-16-29/h7-16,22-24,30-36H,17-21H2,1-6H3/t22-,23-,24-,30-,31+,32+,33+,34-,35-,36-/m0/s1. The summed E-state index contributed by atoms with van der Waals surface area (Å²) in [6, 6.07) is 19.7. The van der Waals surface area contributed by atoms with Gasteiger partial charge < -0.3 is 33.2 Å². The molecule has 2 aromatic rings. The lowest BCUT2D eigenvalue weighted by Crippen LogP contribution is -2.57. The third-order valence-electron chi connectivity index (χ3n) is 9.17. The molecule has 10 nitrogen and oxygen atoms in total. The molecule has 0 radical (unpaired) electrons. The summed E-state index contributed by atoms with van der Waals surface area (Å²) in [6.45, 7) is 11.1. The first-order chi connectivity index (χ1) is 22.0. The molecule has 0 bridgehead atoms. The highest BCUT2D eigenvalue weighted by Gasteiger charge is 2.50. The largest absolute Gasteiger partial charge is 0.463 e. The average molecular weight is 641 g/mol. The van der Waals surface area contributed by atoms with E-state index in [9.17, 15) is 14.4 Å². The van der Waals surface area contributed by atoms with Crippen molar-refractivity contribution in [2.75, 3.05) is 13.2 Å². The summed E-state index contributed by atoms with van der Waals surface area (Å²) in [7, 11) is 0. The maximum absolute atomic E-state index is 12.3. The maximum Gasteiger partial charge on any atom is 0.305 e. The van der Waals surface area contributed by atoms with Crippen molar-refractivity contribution in [1.29, 1.82) is 0 Å². The van der Waals surface area contributed by atoms with Crippen LogP contribution in [-0.4, -0.2) is 67.9 Å². The molecule has 0 amide bonds. The van der Waals surface area contributed by atoms with E-state index in [2.05, 4.69) is 13.8 Å². The lowest BCUT2D eigenvalue weighted by molar-refractivity contribution is -0.288. The van der Waals surface area contributed by atoms with Gasteiger partial charge in [-0.3, -0.25) is 14.4 Å². The Morgan fingerprint density at radius 1 is 0.609 bits per heavy atom. The monoisotopic (exact) mass is 640 g/mol. The van der Waals surface area contributed by atoms with E-state index in [-0.39, 0.29) is 61.7 Å². The molecule has 10 atom stereocenters. The second-order valence-electron chi connectivity index (χ2n) is 12.5. The molecule has 0 saturated carbocycles. The third kappa shape index (κ3) is 9.84. The molecule has 2 heterocycles. The number of hydrogen-bond acceptors (Lipinski definition) is 10. The molecule has 0 N–H and O–H groups in total. The summed E-state index contributed by atoms with van der Waals surface area (Å²) in [4.78, 5) is 35.8. The molecule has 10 heteroatoms. The van der Waals surface area contributed by atoms with Gasteiger partial charge in [0.25, 0.3) is 0 Å². The van der Waals surface area contributed by atoms with Gasteiger partial charge >= 0.3 is 17.9 Å². The molecular weight excluding hydrogens is 592 g/mol. The van der Waals surface area contributed by atoms with Gasteiger partial charge in [-0.05, 0) is 41.2 Å². The Morgan fingerprint density at radius 3 is 1.61 bits per heavy atom. The Bertz CT molecular complexity index is 1250. The molecule has 2 aromatic carbocycles. The van der Waals surface area contributed by atoms with Crippen LogP contribution >= 0.6 is 0 Å². The number of benzene rings is 2. The minimum absolute atomic E-state index is 0.00184. The molecular formula is C36H48O10. The van der Waals surface area contributed by atoms with Gasteiger partial charge in [0.05, 0.1) is 37.6 Å². The zero-order chi connectivity index (χ0) is 33.2. The van der Waals surface area contributed by atoms with Crippen LogP contribution in [0.2, 0.25) is 0 Å². The van der Waals surface area contributed by atoms with E-state index in [1.54, 1.807) is 0 Å². The Balaban J connectivity index is 1.66. The quantitative estimate of drug-likeness (QED) is 0.212. The Kier molecular flexibility index (Phi) is 13.1. The number of carbonyl (C=O) groups excluding carboxylic acids is 3. The van der Waals surface area contributed by atoms with Crippen LogP contribution in [-0.2, 0) is 60.8 Å². The first kappa shape index (κ1) is 35.5. The third-order valence-corrected chi connectivity index (χ3v) is 9.17. The highest BCUT2D eigenvalue weighted by molar-refractivity contribution is 5.66. The van der Waals surface area contributed by atoms with E-state index in [1.807, 2.05) is 67.6 Å². The van der Waals surface area contributed by atoms with Crippen LogP contribution in [0.1, 0.15) is 59.1 Å². The molecule has 2 fully saturated rings. The molecule has 2 aliphatic rings. The first-order valence-corrected chi connectivity index (χ1v) is 16.1. The maximum atomic E-state index is 12.3. The number of rotatable bonds is 13. The normalized spacial score (nSPS) is 31.1. The molecule has 0 aliphatic carbocycles. The van der Waals surface area contributed by atoms with Crippen LogP contribution in [0.3, 0.4) is 0 Å². The molecule has 4 rings (SSSR count). The number of ether oxygens (including phenoxy) is 7. The van der Waals surface area contributed by atoms with Gasteiger partial charge in [0.1, 0.15) is 19.3 Å². The molecule has 2 aliphatic heterocycles. The van der Waals surface area contributed by atoms with Gasteiger partial charge in [-0.2, -0.15) is 0 Å². The topological polar surface area (TPSA) is 116 Å². The smallest absolute Gasteiger partial charge is 0.305 e. The summed E-state index contributed by atoms with van der Waals surface area (Å²) in [5.41, 5.74) is 2.00. The molecule has 0 spiro atoms. The number of esters is 3. The SMILES string of the molecule is CC(=O)OC[C@H]1O[C@H](C[C@H]2[C@H](C)[C@@H](COC(C)=O)O[C@H](OC(C)=O)[C@H]2OCc2ccccc2)[C@@H](OCc2ccccc2)[C@@H](C)[C@@H]1C. The van der Waals surface area contributed by atoms with Crippen molar-refractivity contribution in [3.63, 3.8) is 0 Å². The fourth-order valence-corrected chi connectivity index (χ4v) is 6.39. The molecule has 2 saturated heterocycles. The fraction of sp³-hybridized carbons (Fsp3) is 0.583. The van der Waals surface area contributed by atoms with Crippen molar-refractivity contribution in [3.05, 3.63) is 71.8 Å². The van der Waals surface area contributed by atoms with Crippen LogP contribution in [0, 0.1) is 23.7 Å². The van der Waals surface area contributed by atoms with Crippen molar-refractivity contribution < 1.29 is 47.5 Å². The number of hydrogen-bond donors (Lipinski definition) is 0. The van der Waals surface area contributed by atoms with Crippen LogP contribution < -0.4 is 0 Å². The van der Waals surface area contributed by atoms with E-state index >= 15 is 0 Å². The minimum atomic E-state index is -1.04. The average Bonchev–Trinajstić information content (AvgIpc) is 3.02. The van der Waals surface area contributed by atoms with Gasteiger partial charge in [0.15, 0.2) is 0 Å². The van der Waals surface area contributed by atoms with Crippen LogP contribution in [0.5, 0.6) is 0 Å². The van der Waals surface area contributed by atoms with Gasteiger partial charge in [-0.1, -0.05) is 81.4 Å². The van der Waals surface area contributed by atoms with Crippen LogP contribution in [0.15, 0.2) is 60.7 Å². The minimum Gasteiger partial charge on any atom is -0.463 e.